The van der Waals surface area contributed by atoms with Crippen LogP contribution in [0.3, 0.4) is 0 Å². The fourth-order valence-electron chi connectivity index (χ4n) is 3.41. The summed E-state index contributed by atoms with van der Waals surface area (Å²) in [6.45, 7) is 6.42. The van der Waals surface area contributed by atoms with Crippen LogP contribution >= 0.6 is 0 Å². The minimum absolute atomic E-state index is 0.148. The predicted octanol–water partition coefficient (Wildman–Crippen LogP) is 3.74. The number of aliphatic hydroxyl groups excluding tert-OH is 1. The van der Waals surface area contributed by atoms with Crippen molar-refractivity contribution < 1.29 is 10.2 Å². The van der Waals surface area contributed by atoms with Crippen LogP contribution in [0.15, 0.2) is 23.3 Å². The van der Waals surface area contributed by atoms with Gasteiger partial charge in [0, 0.05) is 5.41 Å². The minimum atomic E-state index is -0.886. The zero-order valence-electron chi connectivity index (χ0n) is 12.6. The Hall–Kier alpha value is -0.600. The van der Waals surface area contributed by atoms with Crippen molar-refractivity contribution in [2.24, 2.45) is 5.41 Å². The third-order valence-electron chi connectivity index (χ3n) is 5.40. The van der Waals surface area contributed by atoms with Gasteiger partial charge in [-0.25, -0.2) is 0 Å². The van der Waals surface area contributed by atoms with Crippen LogP contribution in [0.2, 0.25) is 0 Å². The molecule has 0 aromatic rings. The van der Waals surface area contributed by atoms with Crippen LogP contribution in [0.1, 0.15) is 65.7 Å². The molecule has 0 radical (unpaired) electrons. The van der Waals surface area contributed by atoms with Crippen molar-refractivity contribution in [3.8, 4) is 0 Å². The first-order valence-corrected chi connectivity index (χ1v) is 7.59. The van der Waals surface area contributed by atoms with Crippen LogP contribution in [0, 0.1) is 5.41 Å². The van der Waals surface area contributed by atoms with Gasteiger partial charge in [-0.1, -0.05) is 30.2 Å². The summed E-state index contributed by atoms with van der Waals surface area (Å²) in [6.07, 6.45) is 10.3. The summed E-state index contributed by atoms with van der Waals surface area (Å²) in [6, 6.07) is 0. The molecule has 0 aliphatic heterocycles. The van der Waals surface area contributed by atoms with Gasteiger partial charge in [0.05, 0.1) is 11.7 Å². The fourth-order valence-corrected chi connectivity index (χ4v) is 3.41. The predicted molar refractivity (Wildman–Crippen MR) is 78.9 cm³/mol. The minimum Gasteiger partial charge on any atom is -0.390 e. The monoisotopic (exact) mass is 264 g/mol. The van der Waals surface area contributed by atoms with Gasteiger partial charge in [-0.3, -0.25) is 0 Å². The fraction of sp³-hybridized carbons (Fsp3) is 0.765. The summed E-state index contributed by atoms with van der Waals surface area (Å²) in [5.74, 6) is 0. The van der Waals surface area contributed by atoms with E-state index < -0.39 is 11.7 Å². The van der Waals surface area contributed by atoms with Crippen molar-refractivity contribution in [3.63, 3.8) is 0 Å². The highest BCUT2D eigenvalue weighted by Gasteiger charge is 2.57. The van der Waals surface area contributed by atoms with E-state index in [1.54, 1.807) is 0 Å². The Balaban J connectivity index is 2.21. The van der Waals surface area contributed by atoms with E-state index in [1.807, 2.05) is 0 Å². The maximum absolute atomic E-state index is 10.8. The number of rotatable bonds is 0. The van der Waals surface area contributed by atoms with Crippen LogP contribution in [0.4, 0.5) is 0 Å². The SMILES string of the molecule is C/C1=C\C[C@]2(C)CC[C@]2(O)[C@H](O)CC/C(C)=C/CC1. The molecule has 0 heterocycles. The van der Waals surface area contributed by atoms with Gasteiger partial charge in [0.15, 0.2) is 0 Å². The number of aliphatic hydroxyl groups is 2. The Morgan fingerprint density at radius 2 is 1.79 bits per heavy atom. The summed E-state index contributed by atoms with van der Waals surface area (Å²) in [5.41, 5.74) is 1.69. The molecule has 2 aliphatic carbocycles. The standard InChI is InChI=1S/C17H28O2/c1-13-5-4-6-14(2)9-10-16(3)11-12-17(16,19)15(18)8-7-13/h5,9,15,18-19H,4,6-8,10-12H2,1-3H3/b13-5+,14-9+/t15-,16-,17+/m1/s1. The highest BCUT2D eigenvalue weighted by atomic mass is 16.3. The third kappa shape index (κ3) is 2.80. The van der Waals surface area contributed by atoms with Crippen LogP contribution in [-0.4, -0.2) is 21.9 Å². The molecule has 0 saturated heterocycles. The number of fused-ring (bicyclic) bond motifs is 1. The van der Waals surface area contributed by atoms with E-state index in [2.05, 4.69) is 32.9 Å². The molecular formula is C17H28O2. The summed E-state index contributed by atoms with van der Waals surface area (Å²) >= 11 is 0. The lowest BCUT2D eigenvalue weighted by Crippen LogP contribution is -2.62. The third-order valence-corrected chi connectivity index (χ3v) is 5.40. The molecule has 2 aliphatic rings. The smallest absolute Gasteiger partial charge is 0.0961 e. The van der Waals surface area contributed by atoms with Crippen molar-refractivity contribution in [2.75, 3.05) is 0 Å². The Bertz CT molecular complexity index is 396. The molecule has 0 aromatic carbocycles. The molecule has 0 spiro atoms. The van der Waals surface area contributed by atoms with Gasteiger partial charge in [0.1, 0.15) is 0 Å². The highest BCUT2D eigenvalue weighted by Crippen LogP contribution is 2.55. The number of hydrogen-bond donors (Lipinski definition) is 2. The summed E-state index contributed by atoms with van der Waals surface area (Å²) in [5, 5.41) is 21.2. The topological polar surface area (TPSA) is 40.5 Å². The molecule has 1 saturated carbocycles. The number of allylic oxidation sites excluding steroid dienone is 4. The zero-order chi connectivity index (χ0) is 14.1. The Kier molecular flexibility index (Phi) is 4.22. The van der Waals surface area contributed by atoms with Gasteiger partial charge in [-0.05, 0) is 58.8 Å². The first kappa shape index (κ1) is 14.8. The van der Waals surface area contributed by atoms with Gasteiger partial charge >= 0.3 is 0 Å². The molecule has 2 heteroatoms. The van der Waals surface area contributed by atoms with E-state index in [-0.39, 0.29) is 5.41 Å². The average molecular weight is 264 g/mol. The van der Waals surface area contributed by atoms with Crippen LogP contribution < -0.4 is 0 Å². The van der Waals surface area contributed by atoms with E-state index in [1.165, 1.54) is 11.1 Å². The van der Waals surface area contributed by atoms with Crippen LogP contribution in [0.25, 0.3) is 0 Å². The van der Waals surface area contributed by atoms with E-state index in [0.29, 0.717) is 6.42 Å². The van der Waals surface area contributed by atoms with Crippen molar-refractivity contribution in [2.45, 2.75) is 77.4 Å². The molecule has 1 fully saturated rings. The molecule has 108 valence electrons. The Labute approximate surface area is 117 Å². The molecule has 19 heavy (non-hydrogen) atoms. The molecule has 0 amide bonds. The van der Waals surface area contributed by atoms with Crippen molar-refractivity contribution in [1.29, 1.82) is 0 Å². The maximum Gasteiger partial charge on any atom is 0.0961 e. The van der Waals surface area contributed by atoms with E-state index in [0.717, 1.165) is 38.5 Å². The highest BCUT2D eigenvalue weighted by molar-refractivity contribution is 5.15. The molecule has 3 atom stereocenters. The van der Waals surface area contributed by atoms with Gasteiger partial charge in [-0.15, -0.1) is 0 Å². The Morgan fingerprint density at radius 3 is 2.42 bits per heavy atom. The number of hydrogen-bond acceptors (Lipinski definition) is 2. The summed E-state index contributed by atoms with van der Waals surface area (Å²) in [7, 11) is 0. The second-order valence-electron chi connectivity index (χ2n) is 6.88. The van der Waals surface area contributed by atoms with E-state index in [9.17, 15) is 10.2 Å². The molecule has 0 bridgehead atoms. The van der Waals surface area contributed by atoms with Gasteiger partial charge < -0.3 is 10.2 Å². The van der Waals surface area contributed by atoms with Crippen molar-refractivity contribution >= 4 is 0 Å². The first-order valence-electron chi connectivity index (χ1n) is 7.59. The van der Waals surface area contributed by atoms with E-state index >= 15 is 0 Å². The molecule has 0 aromatic heterocycles. The second kappa shape index (κ2) is 5.41. The molecule has 2 rings (SSSR count). The Morgan fingerprint density at radius 1 is 1.11 bits per heavy atom. The molecular weight excluding hydrogens is 236 g/mol. The molecule has 2 N–H and O–H groups in total. The van der Waals surface area contributed by atoms with Crippen molar-refractivity contribution in [3.05, 3.63) is 23.3 Å². The summed E-state index contributed by atoms with van der Waals surface area (Å²) < 4.78 is 0. The average Bonchev–Trinajstić information content (AvgIpc) is 2.38. The van der Waals surface area contributed by atoms with Crippen LogP contribution in [-0.2, 0) is 0 Å². The lowest BCUT2D eigenvalue weighted by Gasteiger charge is -2.56. The quantitative estimate of drug-likeness (QED) is 0.654. The second-order valence-corrected chi connectivity index (χ2v) is 6.88. The zero-order valence-corrected chi connectivity index (χ0v) is 12.6. The van der Waals surface area contributed by atoms with Gasteiger partial charge in [0.25, 0.3) is 0 Å². The molecule has 2 nitrogen and oxygen atoms in total. The summed E-state index contributed by atoms with van der Waals surface area (Å²) in [4.78, 5) is 0. The lowest BCUT2D eigenvalue weighted by molar-refractivity contribution is -0.217. The lowest BCUT2D eigenvalue weighted by atomic mass is 9.53. The first-order chi connectivity index (χ1) is 8.87. The van der Waals surface area contributed by atoms with E-state index in [4.69, 9.17) is 0 Å². The normalized spacial score (nSPS) is 46.5. The largest absolute Gasteiger partial charge is 0.390 e. The maximum atomic E-state index is 10.8. The molecule has 0 unspecified atom stereocenters. The van der Waals surface area contributed by atoms with Gasteiger partial charge in [-0.2, -0.15) is 0 Å². The van der Waals surface area contributed by atoms with Gasteiger partial charge in [0.2, 0.25) is 0 Å². The van der Waals surface area contributed by atoms with Crippen molar-refractivity contribution in [1.82, 2.24) is 0 Å². The van der Waals surface area contributed by atoms with Crippen LogP contribution in [0.5, 0.6) is 0 Å².